The molecule has 0 aliphatic heterocycles. The molecule has 0 bridgehead atoms. The van der Waals surface area contributed by atoms with Crippen LogP contribution in [0.25, 0.3) is 0 Å². The number of rotatable bonds is 7. The van der Waals surface area contributed by atoms with Gasteiger partial charge in [0.15, 0.2) is 5.03 Å². The summed E-state index contributed by atoms with van der Waals surface area (Å²) in [6, 6.07) is 13.9. The van der Waals surface area contributed by atoms with E-state index in [2.05, 4.69) is 47.3 Å². The Kier molecular flexibility index (Phi) is 6.88. The summed E-state index contributed by atoms with van der Waals surface area (Å²) in [5, 5.41) is 3.64. The lowest BCUT2D eigenvalue weighted by atomic mass is 10.0. The molecule has 0 fully saturated rings. The van der Waals surface area contributed by atoms with E-state index in [1.807, 2.05) is 38.1 Å². The number of hydrogen-bond donors (Lipinski definition) is 1. The molecule has 1 aromatic heterocycles. The van der Waals surface area contributed by atoms with Crippen molar-refractivity contribution in [3.63, 3.8) is 0 Å². The summed E-state index contributed by atoms with van der Waals surface area (Å²) in [6.07, 6.45) is 3.18. The Morgan fingerprint density at radius 3 is 2.59 bits per heavy atom. The number of amides is 1. The first-order valence-corrected chi connectivity index (χ1v) is 10.5. The molecular formula is C23H25N3O2S. The van der Waals surface area contributed by atoms with Crippen molar-refractivity contribution in [1.29, 1.82) is 0 Å². The highest BCUT2D eigenvalue weighted by atomic mass is 32.2. The second-order valence-electron chi connectivity index (χ2n) is 6.97. The highest BCUT2D eigenvalue weighted by molar-refractivity contribution is 8.00. The molecular weight excluding hydrogens is 382 g/mol. The highest BCUT2D eigenvalue weighted by Gasteiger charge is 2.15. The largest absolute Gasteiger partial charge is 0.436 e. The molecule has 0 unspecified atom stereocenters. The molecule has 1 amide bonds. The molecule has 3 rings (SSSR count). The molecule has 0 radical (unpaired) electrons. The summed E-state index contributed by atoms with van der Waals surface area (Å²) >= 11 is 1.31. The SMILES string of the molecule is Cc1ccc([C@@H](C)NC(=O)CSc2nccnc2Oc2ccccc2C)c(C)c1. The lowest BCUT2D eigenvalue weighted by Crippen LogP contribution is -2.28. The lowest BCUT2D eigenvalue weighted by Gasteiger charge is -2.17. The topological polar surface area (TPSA) is 64.1 Å². The molecule has 6 heteroatoms. The predicted octanol–water partition coefficient (Wildman–Crippen LogP) is 5.16. The van der Waals surface area contributed by atoms with E-state index in [4.69, 9.17) is 4.74 Å². The van der Waals surface area contributed by atoms with E-state index >= 15 is 0 Å². The number of aromatic nitrogens is 2. The van der Waals surface area contributed by atoms with Crippen molar-refractivity contribution in [3.8, 4) is 11.6 Å². The van der Waals surface area contributed by atoms with E-state index in [1.54, 1.807) is 12.4 Å². The third-order valence-electron chi connectivity index (χ3n) is 4.54. The number of aryl methyl sites for hydroxylation is 3. The molecule has 1 heterocycles. The maximum Gasteiger partial charge on any atom is 0.252 e. The van der Waals surface area contributed by atoms with Gasteiger partial charge in [-0.2, -0.15) is 0 Å². The zero-order valence-corrected chi connectivity index (χ0v) is 17.9. The Bertz CT molecular complexity index is 1010. The van der Waals surface area contributed by atoms with Crippen molar-refractivity contribution in [2.75, 3.05) is 5.75 Å². The van der Waals surface area contributed by atoms with Gasteiger partial charge in [-0.3, -0.25) is 4.79 Å². The number of para-hydroxylation sites is 1. The molecule has 5 nitrogen and oxygen atoms in total. The van der Waals surface area contributed by atoms with Crippen molar-refractivity contribution in [3.05, 3.63) is 77.1 Å². The van der Waals surface area contributed by atoms with Crippen LogP contribution in [0.15, 0.2) is 59.9 Å². The van der Waals surface area contributed by atoms with Gasteiger partial charge in [0.05, 0.1) is 11.8 Å². The minimum Gasteiger partial charge on any atom is -0.436 e. The van der Waals surface area contributed by atoms with Gasteiger partial charge >= 0.3 is 0 Å². The van der Waals surface area contributed by atoms with Gasteiger partial charge in [-0.15, -0.1) is 0 Å². The predicted molar refractivity (Wildman–Crippen MR) is 116 cm³/mol. The highest BCUT2D eigenvalue weighted by Crippen LogP contribution is 2.30. The molecule has 150 valence electrons. The van der Waals surface area contributed by atoms with Crippen LogP contribution in [0.2, 0.25) is 0 Å². The molecule has 0 aliphatic rings. The average Bonchev–Trinajstić information content (AvgIpc) is 2.69. The summed E-state index contributed by atoms with van der Waals surface area (Å²) in [5.41, 5.74) is 4.52. The molecule has 2 aromatic carbocycles. The van der Waals surface area contributed by atoms with Gasteiger partial charge in [0.25, 0.3) is 5.88 Å². The third-order valence-corrected chi connectivity index (χ3v) is 5.50. The van der Waals surface area contributed by atoms with Crippen LogP contribution >= 0.6 is 11.8 Å². The fourth-order valence-corrected chi connectivity index (χ4v) is 3.77. The van der Waals surface area contributed by atoms with Crippen molar-refractivity contribution >= 4 is 17.7 Å². The number of thioether (sulfide) groups is 1. The minimum atomic E-state index is -0.0618. The van der Waals surface area contributed by atoms with E-state index < -0.39 is 0 Å². The van der Waals surface area contributed by atoms with Crippen LogP contribution in [0.3, 0.4) is 0 Å². The summed E-state index contributed by atoms with van der Waals surface area (Å²) in [7, 11) is 0. The van der Waals surface area contributed by atoms with Crippen molar-refractivity contribution < 1.29 is 9.53 Å². The number of ether oxygens (including phenoxy) is 1. The zero-order valence-electron chi connectivity index (χ0n) is 17.1. The lowest BCUT2D eigenvalue weighted by molar-refractivity contribution is -0.119. The first kappa shape index (κ1) is 20.9. The molecule has 0 saturated carbocycles. The zero-order chi connectivity index (χ0) is 20.8. The Morgan fingerprint density at radius 1 is 1.07 bits per heavy atom. The van der Waals surface area contributed by atoms with Crippen molar-refractivity contribution in [2.24, 2.45) is 0 Å². The summed E-state index contributed by atoms with van der Waals surface area (Å²) in [6.45, 7) is 8.10. The standard InChI is InChI=1S/C23H25N3O2S/c1-15-9-10-19(17(3)13-15)18(4)26-21(27)14-29-23-22(24-11-12-25-23)28-20-8-6-5-7-16(20)2/h5-13,18H,14H2,1-4H3,(H,26,27)/t18-/m1/s1. The second-order valence-corrected chi connectivity index (χ2v) is 7.94. The number of hydrogen-bond acceptors (Lipinski definition) is 5. The molecule has 1 N–H and O–H groups in total. The first-order chi connectivity index (χ1) is 13.9. The van der Waals surface area contributed by atoms with Crippen LogP contribution in [-0.2, 0) is 4.79 Å². The molecule has 1 atom stereocenters. The van der Waals surface area contributed by atoms with Gasteiger partial charge in [0.2, 0.25) is 5.91 Å². The normalized spacial score (nSPS) is 11.7. The van der Waals surface area contributed by atoms with E-state index in [9.17, 15) is 4.79 Å². The van der Waals surface area contributed by atoms with Gasteiger partial charge in [-0.05, 0) is 50.5 Å². The van der Waals surface area contributed by atoms with Gasteiger partial charge in [-0.25, -0.2) is 9.97 Å². The Morgan fingerprint density at radius 2 is 1.83 bits per heavy atom. The van der Waals surface area contributed by atoms with E-state index in [1.165, 1.54) is 22.9 Å². The van der Waals surface area contributed by atoms with Crippen LogP contribution in [0.4, 0.5) is 0 Å². The Labute approximate surface area is 175 Å². The molecule has 0 saturated heterocycles. The smallest absolute Gasteiger partial charge is 0.252 e. The number of carbonyl (C=O) groups excluding carboxylic acids is 1. The summed E-state index contributed by atoms with van der Waals surface area (Å²) < 4.78 is 5.92. The van der Waals surface area contributed by atoms with Gasteiger partial charge in [0.1, 0.15) is 5.75 Å². The number of carbonyl (C=O) groups is 1. The number of benzene rings is 2. The average molecular weight is 408 g/mol. The van der Waals surface area contributed by atoms with Gasteiger partial charge in [-0.1, -0.05) is 53.7 Å². The molecule has 29 heavy (non-hydrogen) atoms. The van der Waals surface area contributed by atoms with Crippen LogP contribution in [0, 0.1) is 20.8 Å². The van der Waals surface area contributed by atoms with E-state index in [-0.39, 0.29) is 17.7 Å². The summed E-state index contributed by atoms with van der Waals surface area (Å²) in [5.74, 6) is 1.30. The molecule has 3 aromatic rings. The van der Waals surface area contributed by atoms with Gasteiger partial charge < -0.3 is 10.1 Å². The van der Waals surface area contributed by atoms with Crippen molar-refractivity contribution in [1.82, 2.24) is 15.3 Å². The Balaban J connectivity index is 1.62. The fraction of sp³-hybridized carbons (Fsp3) is 0.261. The van der Waals surface area contributed by atoms with E-state index in [0.717, 1.165) is 16.9 Å². The fourth-order valence-electron chi connectivity index (χ4n) is 3.06. The van der Waals surface area contributed by atoms with Crippen LogP contribution < -0.4 is 10.1 Å². The molecule has 0 aliphatic carbocycles. The first-order valence-electron chi connectivity index (χ1n) is 9.48. The number of nitrogens with one attached hydrogen (secondary N) is 1. The quantitative estimate of drug-likeness (QED) is 0.548. The third kappa shape index (κ3) is 5.57. The van der Waals surface area contributed by atoms with Crippen LogP contribution in [-0.4, -0.2) is 21.6 Å². The van der Waals surface area contributed by atoms with Crippen LogP contribution in [0.5, 0.6) is 11.6 Å². The molecule has 0 spiro atoms. The summed E-state index contributed by atoms with van der Waals surface area (Å²) in [4.78, 5) is 21.1. The monoisotopic (exact) mass is 407 g/mol. The van der Waals surface area contributed by atoms with Crippen molar-refractivity contribution in [2.45, 2.75) is 38.8 Å². The maximum atomic E-state index is 12.5. The minimum absolute atomic E-state index is 0.0602. The van der Waals surface area contributed by atoms with E-state index in [0.29, 0.717) is 10.9 Å². The number of nitrogens with zero attached hydrogens (tertiary/aromatic N) is 2. The Hall–Kier alpha value is -2.86. The maximum absolute atomic E-state index is 12.5. The van der Waals surface area contributed by atoms with Gasteiger partial charge in [0, 0.05) is 12.4 Å². The van der Waals surface area contributed by atoms with Crippen LogP contribution in [0.1, 0.15) is 35.2 Å². The second kappa shape index (κ2) is 9.56.